The first-order valence-electron chi connectivity index (χ1n) is 6.85. The molecule has 0 bridgehead atoms. The minimum absolute atomic E-state index is 0.319. The maximum atomic E-state index is 13.0. The van der Waals surface area contributed by atoms with Crippen molar-refractivity contribution in [3.63, 3.8) is 0 Å². The van der Waals surface area contributed by atoms with E-state index in [9.17, 15) is 9.18 Å². The van der Waals surface area contributed by atoms with Gasteiger partial charge in [0.15, 0.2) is 5.11 Å². The summed E-state index contributed by atoms with van der Waals surface area (Å²) in [7, 11) is 1.34. The second-order valence-corrected chi connectivity index (χ2v) is 5.25. The zero-order chi connectivity index (χ0) is 16.4. The van der Waals surface area contributed by atoms with E-state index in [1.807, 2.05) is 24.3 Å². The van der Waals surface area contributed by atoms with Crippen LogP contribution in [0.3, 0.4) is 0 Å². The molecule has 0 radical (unpaired) electrons. The number of nitrogens with one attached hydrogen (secondary N) is 1. The average molecular weight is 328 g/mol. The molecule has 0 saturated heterocycles. The molecule has 23 heavy (non-hydrogen) atoms. The lowest BCUT2D eigenvalue weighted by Crippen LogP contribution is -2.18. The molecular formula is C17H13FN2O2S. The molecule has 0 fully saturated rings. The average Bonchev–Trinajstić information content (AvgIpc) is 2.96. The van der Waals surface area contributed by atoms with E-state index in [1.54, 1.807) is 22.9 Å². The summed E-state index contributed by atoms with van der Waals surface area (Å²) < 4.78 is 19.5. The van der Waals surface area contributed by atoms with Crippen LogP contribution in [0.4, 0.5) is 10.1 Å². The van der Waals surface area contributed by atoms with Crippen LogP contribution in [-0.4, -0.2) is 22.8 Å². The number of aromatic nitrogens is 1. The molecule has 0 aliphatic carbocycles. The monoisotopic (exact) mass is 328 g/mol. The van der Waals surface area contributed by atoms with Crippen molar-refractivity contribution < 1.29 is 13.9 Å². The fourth-order valence-corrected chi connectivity index (χ4v) is 2.61. The summed E-state index contributed by atoms with van der Waals surface area (Å²) in [6.45, 7) is 0. The van der Waals surface area contributed by atoms with Crippen LogP contribution in [0.15, 0.2) is 54.7 Å². The van der Waals surface area contributed by atoms with Gasteiger partial charge in [0.05, 0.1) is 18.2 Å². The molecule has 0 spiro atoms. The van der Waals surface area contributed by atoms with Gasteiger partial charge in [-0.25, -0.2) is 9.18 Å². The minimum Gasteiger partial charge on any atom is -0.465 e. The van der Waals surface area contributed by atoms with E-state index in [0.29, 0.717) is 16.4 Å². The van der Waals surface area contributed by atoms with Gasteiger partial charge in [0.1, 0.15) is 5.82 Å². The highest BCUT2D eigenvalue weighted by Gasteiger charge is 2.17. The van der Waals surface area contributed by atoms with Gasteiger partial charge >= 0.3 is 5.97 Å². The summed E-state index contributed by atoms with van der Waals surface area (Å²) in [4.78, 5) is 11.9. The molecule has 1 aromatic heterocycles. The number of ether oxygens (including phenoxy) is 1. The van der Waals surface area contributed by atoms with Crippen molar-refractivity contribution in [3.8, 4) is 0 Å². The summed E-state index contributed by atoms with van der Waals surface area (Å²) in [5.74, 6) is -0.745. The Morgan fingerprint density at radius 2 is 1.87 bits per heavy atom. The second kappa shape index (κ2) is 6.18. The normalized spacial score (nSPS) is 10.5. The number of thiocarbonyl (C=S) groups is 1. The number of hydrogen-bond acceptors (Lipinski definition) is 3. The first-order chi connectivity index (χ1) is 11.1. The van der Waals surface area contributed by atoms with Crippen LogP contribution < -0.4 is 5.32 Å². The lowest BCUT2D eigenvalue weighted by Gasteiger charge is -2.10. The van der Waals surface area contributed by atoms with Crippen molar-refractivity contribution in [1.29, 1.82) is 0 Å². The van der Waals surface area contributed by atoms with Gasteiger partial charge in [-0.15, -0.1) is 0 Å². The second-order valence-electron chi connectivity index (χ2n) is 4.86. The van der Waals surface area contributed by atoms with Crippen molar-refractivity contribution in [3.05, 3.63) is 66.1 Å². The van der Waals surface area contributed by atoms with Crippen LogP contribution in [0.2, 0.25) is 0 Å². The Hall–Kier alpha value is -2.73. The van der Waals surface area contributed by atoms with Crippen LogP contribution in [0.5, 0.6) is 0 Å². The molecule has 1 N–H and O–H groups in total. The largest absolute Gasteiger partial charge is 0.465 e. The Bertz CT molecular complexity index is 887. The standard InChI is InChI=1S/C17H13FN2O2S/c1-22-16(21)14-10-20(15-5-3-2-4-13(14)15)17(23)19-12-8-6-11(18)7-9-12/h2-10H,1H3,(H,19,23). The van der Waals surface area contributed by atoms with Crippen molar-refractivity contribution in [2.75, 3.05) is 12.4 Å². The topological polar surface area (TPSA) is 43.3 Å². The van der Waals surface area contributed by atoms with Gasteiger partial charge in [-0.05, 0) is 42.5 Å². The minimum atomic E-state index is -0.426. The van der Waals surface area contributed by atoms with Crippen LogP contribution >= 0.6 is 12.2 Å². The van der Waals surface area contributed by atoms with Gasteiger partial charge in [-0.3, -0.25) is 4.57 Å². The van der Waals surface area contributed by atoms with Gasteiger partial charge in [0.25, 0.3) is 0 Å². The number of nitrogens with zero attached hydrogens (tertiary/aromatic N) is 1. The first kappa shape index (κ1) is 15.2. The van der Waals surface area contributed by atoms with Gasteiger partial charge in [0, 0.05) is 17.3 Å². The summed E-state index contributed by atoms with van der Waals surface area (Å²) in [6.07, 6.45) is 1.63. The van der Waals surface area contributed by atoms with Crippen molar-refractivity contribution in [2.24, 2.45) is 0 Å². The van der Waals surface area contributed by atoms with Gasteiger partial charge in [-0.2, -0.15) is 0 Å². The molecule has 0 saturated carbocycles. The number of para-hydroxylation sites is 1. The maximum absolute atomic E-state index is 13.0. The Labute approximate surface area is 137 Å². The maximum Gasteiger partial charge on any atom is 0.340 e. The number of carbonyl (C=O) groups excluding carboxylic acids is 1. The van der Waals surface area contributed by atoms with Crippen LogP contribution in [0.1, 0.15) is 10.4 Å². The highest BCUT2D eigenvalue weighted by Crippen LogP contribution is 2.22. The molecule has 116 valence electrons. The first-order valence-corrected chi connectivity index (χ1v) is 7.26. The number of carbonyl (C=O) groups is 1. The molecule has 2 aromatic carbocycles. The smallest absolute Gasteiger partial charge is 0.340 e. The number of rotatable bonds is 2. The molecule has 1 heterocycles. The third-order valence-electron chi connectivity index (χ3n) is 3.43. The molecule has 0 aliphatic rings. The fourth-order valence-electron chi connectivity index (χ4n) is 2.34. The molecule has 3 aromatic rings. The van der Waals surface area contributed by atoms with Gasteiger partial charge in [0.2, 0.25) is 0 Å². The number of esters is 1. The SMILES string of the molecule is COC(=O)c1cn(C(=S)Nc2ccc(F)cc2)c2ccccc12. The predicted octanol–water partition coefficient (Wildman–Crippen LogP) is 3.81. The fraction of sp³-hybridized carbons (Fsp3) is 0.0588. The number of benzene rings is 2. The third-order valence-corrected chi connectivity index (χ3v) is 3.73. The number of fused-ring (bicyclic) bond motifs is 1. The molecule has 0 amide bonds. The van der Waals surface area contributed by atoms with E-state index in [0.717, 1.165) is 10.9 Å². The van der Waals surface area contributed by atoms with Crippen LogP contribution in [-0.2, 0) is 4.74 Å². The summed E-state index contributed by atoms with van der Waals surface area (Å²) in [5, 5.41) is 4.15. The van der Waals surface area contributed by atoms with Crippen molar-refractivity contribution in [1.82, 2.24) is 4.57 Å². The number of halogens is 1. The lowest BCUT2D eigenvalue weighted by atomic mass is 10.2. The molecule has 0 unspecified atom stereocenters. The lowest BCUT2D eigenvalue weighted by molar-refractivity contribution is 0.0603. The Balaban J connectivity index is 2.00. The van der Waals surface area contributed by atoms with Crippen LogP contribution in [0.25, 0.3) is 10.9 Å². The van der Waals surface area contributed by atoms with Gasteiger partial charge < -0.3 is 10.1 Å². The Kier molecular flexibility index (Phi) is 4.08. The highest BCUT2D eigenvalue weighted by molar-refractivity contribution is 7.80. The van der Waals surface area contributed by atoms with E-state index < -0.39 is 5.97 Å². The van der Waals surface area contributed by atoms with E-state index in [2.05, 4.69) is 5.32 Å². The zero-order valence-electron chi connectivity index (χ0n) is 12.2. The molecule has 3 rings (SSSR count). The Morgan fingerprint density at radius 3 is 2.57 bits per heavy atom. The molecule has 4 nitrogen and oxygen atoms in total. The van der Waals surface area contributed by atoms with E-state index in [4.69, 9.17) is 17.0 Å². The molecule has 0 atom stereocenters. The van der Waals surface area contributed by atoms with Crippen LogP contribution in [0, 0.1) is 5.82 Å². The molecule has 0 aliphatic heterocycles. The van der Waals surface area contributed by atoms with E-state index in [1.165, 1.54) is 19.2 Å². The molecule has 6 heteroatoms. The summed E-state index contributed by atoms with van der Waals surface area (Å²) in [5.41, 5.74) is 1.88. The third kappa shape index (κ3) is 2.93. The highest BCUT2D eigenvalue weighted by atomic mass is 32.1. The predicted molar refractivity (Wildman–Crippen MR) is 91.3 cm³/mol. The quantitative estimate of drug-likeness (QED) is 0.574. The van der Waals surface area contributed by atoms with E-state index >= 15 is 0 Å². The molecular weight excluding hydrogens is 315 g/mol. The number of methoxy groups -OCH3 is 1. The zero-order valence-corrected chi connectivity index (χ0v) is 13.1. The van der Waals surface area contributed by atoms with Crippen molar-refractivity contribution in [2.45, 2.75) is 0 Å². The number of anilines is 1. The van der Waals surface area contributed by atoms with E-state index in [-0.39, 0.29) is 5.82 Å². The van der Waals surface area contributed by atoms with Gasteiger partial charge in [-0.1, -0.05) is 18.2 Å². The summed E-state index contributed by atoms with van der Waals surface area (Å²) >= 11 is 5.40. The number of hydrogen-bond donors (Lipinski definition) is 1. The van der Waals surface area contributed by atoms with Crippen molar-refractivity contribution >= 4 is 39.9 Å². The Morgan fingerprint density at radius 1 is 1.17 bits per heavy atom. The summed E-state index contributed by atoms with van der Waals surface area (Å²) in [6, 6.07) is 13.3.